The molecule has 2 aromatic rings. The smallest absolute Gasteiger partial charge is 0.253 e. The SMILES string of the molecule is Cc1nnc(NS(=O)(=O)c2c(C(C)C)cc(C(C)C)cc2C(C)C)s1. The Morgan fingerprint density at radius 3 is 1.80 bits per heavy atom. The van der Waals surface area contributed by atoms with Crippen molar-refractivity contribution in [3.63, 3.8) is 0 Å². The maximum atomic E-state index is 13.2. The molecule has 0 aliphatic rings. The Kier molecular flexibility index (Phi) is 5.89. The quantitative estimate of drug-likeness (QED) is 0.763. The fourth-order valence-electron chi connectivity index (χ4n) is 2.70. The number of hydrogen-bond donors (Lipinski definition) is 1. The number of sulfonamides is 1. The molecule has 1 heterocycles. The first kappa shape index (κ1) is 19.8. The molecule has 2 rings (SSSR count). The van der Waals surface area contributed by atoms with Gasteiger partial charge in [0.2, 0.25) is 5.13 Å². The maximum absolute atomic E-state index is 13.2. The zero-order valence-corrected chi connectivity index (χ0v) is 17.5. The van der Waals surface area contributed by atoms with Crippen molar-refractivity contribution in [2.24, 2.45) is 0 Å². The van der Waals surface area contributed by atoms with E-state index in [1.165, 1.54) is 11.3 Å². The van der Waals surface area contributed by atoms with Gasteiger partial charge in [0.1, 0.15) is 5.01 Å². The van der Waals surface area contributed by atoms with Crippen LogP contribution in [0.2, 0.25) is 0 Å². The summed E-state index contributed by atoms with van der Waals surface area (Å²) in [7, 11) is -3.74. The molecule has 0 aliphatic carbocycles. The summed E-state index contributed by atoms with van der Waals surface area (Å²) in [6, 6.07) is 4.06. The van der Waals surface area contributed by atoms with Gasteiger partial charge in [-0.3, -0.25) is 4.72 Å². The van der Waals surface area contributed by atoms with Crippen molar-refractivity contribution in [1.29, 1.82) is 0 Å². The summed E-state index contributed by atoms with van der Waals surface area (Å²) in [5.41, 5.74) is 2.87. The van der Waals surface area contributed by atoms with E-state index in [2.05, 4.69) is 28.8 Å². The molecule has 5 nitrogen and oxygen atoms in total. The van der Waals surface area contributed by atoms with Gasteiger partial charge in [0.05, 0.1) is 4.90 Å². The first-order valence-electron chi connectivity index (χ1n) is 8.53. The Bertz CT molecular complexity index is 824. The molecule has 0 saturated carbocycles. The van der Waals surface area contributed by atoms with Crippen LogP contribution in [-0.2, 0) is 10.0 Å². The van der Waals surface area contributed by atoms with Crippen molar-refractivity contribution < 1.29 is 8.42 Å². The molecular weight excluding hydrogens is 354 g/mol. The van der Waals surface area contributed by atoms with Gasteiger partial charge < -0.3 is 0 Å². The predicted octanol–water partition coefficient (Wildman–Crippen LogP) is 5.02. The highest BCUT2D eigenvalue weighted by Gasteiger charge is 2.27. The Morgan fingerprint density at radius 1 is 0.920 bits per heavy atom. The highest BCUT2D eigenvalue weighted by atomic mass is 32.2. The van der Waals surface area contributed by atoms with Gasteiger partial charge in [-0.2, -0.15) is 0 Å². The van der Waals surface area contributed by atoms with E-state index < -0.39 is 10.0 Å². The molecule has 138 valence electrons. The van der Waals surface area contributed by atoms with Crippen molar-refractivity contribution in [3.8, 4) is 0 Å². The summed E-state index contributed by atoms with van der Waals surface area (Å²) in [5.74, 6) is 0.531. The van der Waals surface area contributed by atoms with Gasteiger partial charge in [-0.05, 0) is 41.4 Å². The van der Waals surface area contributed by atoms with E-state index in [1.54, 1.807) is 6.92 Å². The molecule has 0 atom stereocenters. The molecule has 0 saturated heterocycles. The number of benzene rings is 1. The normalized spacial score (nSPS) is 12.4. The minimum absolute atomic E-state index is 0.0962. The molecule has 1 N–H and O–H groups in total. The van der Waals surface area contributed by atoms with Crippen molar-refractivity contribution in [3.05, 3.63) is 33.8 Å². The fraction of sp³-hybridized carbons (Fsp3) is 0.556. The molecule has 1 aromatic carbocycles. The van der Waals surface area contributed by atoms with Crippen LogP contribution >= 0.6 is 11.3 Å². The summed E-state index contributed by atoms with van der Waals surface area (Å²) in [5, 5.41) is 8.81. The van der Waals surface area contributed by atoms with Crippen LogP contribution in [0.25, 0.3) is 0 Å². The largest absolute Gasteiger partial charge is 0.264 e. The monoisotopic (exact) mass is 381 g/mol. The predicted molar refractivity (Wildman–Crippen MR) is 104 cm³/mol. The van der Waals surface area contributed by atoms with Crippen molar-refractivity contribution >= 4 is 26.5 Å². The molecule has 0 bridgehead atoms. The minimum Gasteiger partial charge on any atom is -0.253 e. The van der Waals surface area contributed by atoms with Crippen molar-refractivity contribution in [2.75, 3.05) is 4.72 Å². The number of hydrogen-bond acceptors (Lipinski definition) is 5. The van der Waals surface area contributed by atoms with Gasteiger partial charge in [0.25, 0.3) is 10.0 Å². The molecular formula is C18H27N3O2S2. The van der Waals surface area contributed by atoms with Gasteiger partial charge in [-0.1, -0.05) is 65.0 Å². The molecule has 0 radical (unpaired) electrons. The lowest BCUT2D eigenvalue weighted by Gasteiger charge is -2.22. The lowest BCUT2D eigenvalue weighted by Crippen LogP contribution is -2.19. The average Bonchev–Trinajstić information content (AvgIpc) is 2.89. The van der Waals surface area contributed by atoms with Crippen molar-refractivity contribution in [2.45, 2.75) is 71.1 Å². The van der Waals surface area contributed by atoms with Gasteiger partial charge in [0.15, 0.2) is 0 Å². The van der Waals surface area contributed by atoms with Crippen LogP contribution in [0.3, 0.4) is 0 Å². The van der Waals surface area contributed by atoms with Gasteiger partial charge in [0, 0.05) is 0 Å². The third-order valence-electron chi connectivity index (χ3n) is 4.10. The number of nitrogens with one attached hydrogen (secondary N) is 1. The zero-order valence-electron chi connectivity index (χ0n) is 15.9. The highest BCUT2D eigenvalue weighted by molar-refractivity contribution is 7.93. The molecule has 0 aliphatic heterocycles. The topological polar surface area (TPSA) is 72.0 Å². The van der Waals surface area contributed by atoms with E-state index in [4.69, 9.17) is 0 Å². The number of anilines is 1. The molecule has 0 amide bonds. The minimum atomic E-state index is -3.74. The van der Waals surface area contributed by atoms with Gasteiger partial charge in [-0.15, -0.1) is 10.2 Å². The molecule has 25 heavy (non-hydrogen) atoms. The summed E-state index contributed by atoms with van der Waals surface area (Å²) >= 11 is 1.23. The van der Waals surface area contributed by atoms with Crippen LogP contribution in [-0.4, -0.2) is 18.6 Å². The van der Waals surface area contributed by atoms with Gasteiger partial charge >= 0.3 is 0 Å². The number of aryl methyl sites for hydroxylation is 1. The summed E-state index contributed by atoms with van der Waals surface area (Å²) in [6.07, 6.45) is 0. The third kappa shape index (κ3) is 4.39. The molecule has 7 heteroatoms. The fourth-order valence-corrected chi connectivity index (χ4v) is 5.23. The summed E-state index contributed by atoms with van der Waals surface area (Å²) < 4.78 is 29.0. The van der Waals surface area contributed by atoms with Crippen molar-refractivity contribution in [1.82, 2.24) is 10.2 Å². The van der Waals surface area contributed by atoms with Crippen LogP contribution in [0.1, 0.15) is 81.0 Å². The van der Waals surface area contributed by atoms with Crippen LogP contribution in [0.4, 0.5) is 5.13 Å². The van der Waals surface area contributed by atoms with E-state index >= 15 is 0 Å². The van der Waals surface area contributed by atoms with E-state index in [-0.39, 0.29) is 11.8 Å². The van der Waals surface area contributed by atoms with Gasteiger partial charge in [-0.25, -0.2) is 8.42 Å². The molecule has 0 unspecified atom stereocenters. The van der Waals surface area contributed by atoms with Crippen LogP contribution < -0.4 is 4.72 Å². The standard InChI is InChI=1S/C18H27N3O2S2/c1-10(2)14-8-15(11(3)4)17(16(9-14)12(5)6)25(22,23)21-18-20-19-13(7)24-18/h8-12H,1-7H3,(H,20,21). The second-order valence-corrected chi connectivity index (χ2v) is 10.0. The Balaban J connectivity index is 2.68. The summed E-state index contributed by atoms with van der Waals surface area (Å²) in [6.45, 7) is 14.1. The van der Waals surface area contributed by atoms with E-state index in [0.717, 1.165) is 21.7 Å². The molecule has 1 aromatic heterocycles. The molecule has 0 spiro atoms. The highest BCUT2D eigenvalue weighted by Crippen LogP contribution is 2.36. The maximum Gasteiger partial charge on any atom is 0.264 e. The van der Waals surface area contributed by atoms with Crippen LogP contribution in [0, 0.1) is 6.92 Å². The van der Waals surface area contributed by atoms with Crippen LogP contribution in [0.15, 0.2) is 17.0 Å². The first-order valence-corrected chi connectivity index (χ1v) is 10.8. The Hall–Kier alpha value is -1.47. The van der Waals surface area contributed by atoms with E-state index in [1.807, 2.05) is 39.8 Å². The number of nitrogens with zero attached hydrogens (tertiary/aromatic N) is 2. The number of aromatic nitrogens is 2. The summed E-state index contributed by atoms with van der Waals surface area (Å²) in [4.78, 5) is 0.384. The van der Waals surface area contributed by atoms with Crippen LogP contribution in [0.5, 0.6) is 0 Å². The average molecular weight is 382 g/mol. The lowest BCUT2D eigenvalue weighted by molar-refractivity contribution is 0.595. The molecule has 0 fully saturated rings. The number of rotatable bonds is 6. The second-order valence-electron chi connectivity index (χ2n) is 7.22. The third-order valence-corrected chi connectivity index (χ3v) is 6.45. The van der Waals surface area contributed by atoms with E-state index in [0.29, 0.717) is 15.9 Å². The second kappa shape index (κ2) is 7.41. The first-order chi connectivity index (χ1) is 11.5. The Morgan fingerprint density at radius 2 is 1.44 bits per heavy atom. The van der Waals surface area contributed by atoms with E-state index in [9.17, 15) is 8.42 Å². The zero-order chi connectivity index (χ0) is 18.9. The Labute approximate surface area is 154 Å². The lowest BCUT2D eigenvalue weighted by atomic mass is 9.89.